The van der Waals surface area contributed by atoms with Gasteiger partial charge >= 0.3 is 6.18 Å². The number of carbonyl (C=O) groups is 1. The molecule has 0 bridgehead atoms. The summed E-state index contributed by atoms with van der Waals surface area (Å²) >= 11 is 0. The number of hydrogen-bond donors (Lipinski definition) is 4. The summed E-state index contributed by atoms with van der Waals surface area (Å²) in [4.78, 5) is 24.3. The zero-order chi connectivity index (χ0) is 24.8. The number of pyridine rings is 1. The van der Waals surface area contributed by atoms with Crippen LogP contribution in [0.3, 0.4) is 0 Å². The second-order valence-electron chi connectivity index (χ2n) is 8.44. The van der Waals surface area contributed by atoms with Gasteiger partial charge in [-0.1, -0.05) is 0 Å². The van der Waals surface area contributed by atoms with Crippen LogP contribution in [0.4, 0.5) is 19.1 Å². The molecule has 4 N–H and O–H groups in total. The molecule has 35 heavy (non-hydrogen) atoms. The lowest BCUT2D eigenvalue weighted by molar-refractivity contribution is -0.137. The highest BCUT2D eigenvalue weighted by atomic mass is 19.4. The molecule has 2 saturated heterocycles. The van der Waals surface area contributed by atoms with Gasteiger partial charge in [-0.25, -0.2) is 15.0 Å². The van der Waals surface area contributed by atoms with Crippen molar-refractivity contribution in [3.05, 3.63) is 35.8 Å². The number of fused-ring (bicyclic) bond motifs is 1. The van der Waals surface area contributed by atoms with Crippen molar-refractivity contribution in [3.8, 4) is 11.3 Å². The standard InChI is InChI=1S/C22H25F3N6O.CH2O2/c23-22(24,25)16-12-28-21(29-13-4-3-8-26-10-13)31-19(16)15-11-27-20-14(15)6-7-17(30-20)18-5-1-2-9-32-18;2-1-3/h6-7,11-13,18,26H,1-5,8-10H2,(H,27,30)(H,28,29,31);1H,(H,2,3)/t13-,18?;/m0./s1. The molecule has 0 aliphatic carbocycles. The maximum Gasteiger partial charge on any atom is 0.419 e. The number of hydrogen-bond acceptors (Lipinski definition) is 7. The number of ether oxygens (including phenoxy) is 1. The van der Waals surface area contributed by atoms with E-state index in [-0.39, 0.29) is 30.3 Å². The van der Waals surface area contributed by atoms with E-state index in [1.807, 2.05) is 6.07 Å². The van der Waals surface area contributed by atoms with Gasteiger partial charge in [-0.2, -0.15) is 13.2 Å². The third kappa shape index (κ3) is 5.88. The predicted octanol–water partition coefficient (Wildman–Crippen LogP) is 4.15. The summed E-state index contributed by atoms with van der Waals surface area (Å²) in [6, 6.07) is 3.70. The van der Waals surface area contributed by atoms with Gasteiger partial charge in [-0.15, -0.1) is 0 Å². The van der Waals surface area contributed by atoms with E-state index in [4.69, 9.17) is 14.6 Å². The number of rotatable bonds is 4. The fourth-order valence-corrected chi connectivity index (χ4v) is 4.39. The largest absolute Gasteiger partial charge is 0.483 e. The van der Waals surface area contributed by atoms with E-state index >= 15 is 0 Å². The summed E-state index contributed by atoms with van der Waals surface area (Å²) in [5.41, 5.74) is 0.628. The summed E-state index contributed by atoms with van der Waals surface area (Å²) in [6.45, 7) is 2.11. The smallest absolute Gasteiger partial charge is 0.419 e. The summed E-state index contributed by atoms with van der Waals surface area (Å²) in [6.07, 6.45) is 2.64. The van der Waals surface area contributed by atoms with Crippen molar-refractivity contribution >= 4 is 23.5 Å². The number of anilines is 1. The minimum atomic E-state index is -4.58. The molecule has 5 heterocycles. The van der Waals surface area contributed by atoms with E-state index in [9.17, 15) is 13.2 Å². The van der Waals surface area contributed by atoms with Gasteiger partial charge in [0.1, 0.15) is 11.2 Å². The number of aromatic amines is 1. The Labute approximate surface area is 199 Å². The highest BCUT2D eigenvalue weighted by Gasteiger charge is 2.36. The molecule has 0 spiro atoms. The Morgan fingerprint density at radius 2 is 2.00 bits per heavy atom. The number of halogens is 3. The van der Waals surface area contributed by atoms with Crippen LogP contribution in [-0.4, -0.2) is 57.3 Å². The molecule has 2 aliphatic rings. The van der Waals surface area contributed by atoms with Crippen LogP contribution in [0.1, 0.15) is 49.5 Å². The summed E-state index contributed by atoms with van der Waals surface area (Å²) in [7, 11) is 0. The summed E-state index contributed by atoms with van der Waals surface area (Å²) < 4.78 is 47.2. The van der Waals surface area contributed by atoms with Crippen LogP contribution < -0.4 is 10.6 Å². The van der Waals surface area contributed by atoms with E-state index in [0.29, 0.717) is 23.2 Å². The molecule has 5 rings (SSSR count). The first-order valence-corrected chi connectivity index (χ1v) is 11.5. The molecule has 0 amide bonds. The molecule has 3 aromatic heterocycles. The lowest BCUT2D eigenvalue weighted by Gasteiger charge is -2.24. The number of nitrogens with zero attached hydrogens (tertiary/aromatic N) is 3. The maximum absolute atomic E-state index is 13.8. The van der Waals surface area contributed by atoms with Gasteiger partial charge in [0.2, 0.25) is 5.95 Å². The second kappa shape index (κ2) is 11.0. The monoisotopic (exact) mass is 492 g/mol. The van der Waals surface area contributed by atoms with Crippen molar-refractivity contribution in [2.45, 2.75) is 50.4 Å². The van der Waals surface area contributed by atoms with Crippen LogP contribution >= 0.6 is 0 Å². The summed E-state index contributed by atoms with van der Waals surface area (Å²) in [5.74, 6) is 0.191. The Bertz CT molecular complexity index is 1140. The SMILES string of the molecule is FC(F)(F)c1cnc(N[C@H]2CCCNC2)nc1-c1c[nH]c2nc(C3CCCCO3)ccc12.O=CO. The molecular formula is C23H27F3N6O3. The molecule has 2 atom stereocenters. The second-order valence-corrected chi connectivity index (χ2v) is 8.44. The van der Waals surface area contributed by atoms with Crippen molar-refractivity contribution in [1.29, 1.82) is 0 Å². The van der Waals surface area contributed by atoms with Gasteiger partial charge in [0.25, 0.3) is 6.47 Å². The Kier molecular flexibility index (Phi) is 7.81. The first-order valence-electron chi connectivity index (χ1n) is 11.5. The van der Waals surface area contributed by atoms with Crippen LogP contribution in [0, 0.1) is 0 Å². The molecule has 0 radical (unpaired) electrons. The molecule has 3 aromatic rings. The van der Waals surface area contributed by atoms with Gasteiger partial charge in [-0.05, 0) is 50.8 Å². The molecule has 9 nitrogen and oxygen atoms in total. The molecule has 0 aromatic carbocycles. The molecular weight excluding hydrogens is 465 g/mol. The molecule has 2 fully saturated rings. The molecule has 1 unspecified atom stereocenters. The topological polar surface area (TPSA) is 125 Å². The van der Waals surface area contributed by atoms with Crippen LogP contribution in [0.5, 0.6) is 0 Å². The molecule has 0 saturated carbocycles. The van der Waals surface area contributed by atoms with Crippen molar-refractivity contribution in [1.82, 2.24) is 25.3 Å². The van der Waals surface area contributed by atoms with Gasteiger partial charge in [0.05, 0.1) is 17.5 Å². The highest BCUT2D eigenvalue weighted by Crippen LogP contribution is 2.39. The van der Waals surface area contributed by atoms with Crippen LogP contribution in [0.2, 0.25) is 0 Å². The Morgan fingerprint density at radius 1 is 1.17 bits per heavy atom. The average molecular weight is 493 g/mol. The number of carboxylic acid groups (broad SMARTS) is 1. The van der Waals surface area contributed by atoms with E-state index in [0.717, 1.165) is 57.1 Å². The van der Waals surface area contributed by atoms with Crippen molar-refractivity contribution < 1.29 is 27.8 Å². The van der Waals surface area contributed by atoms with E-state index < -0.39 is 11.7 Å². The van der Waals surface area contributed by atoms with E-state index in [1.165, 1.54) is 6.20 Å². The predicted molar refractivity (Wildman–Crippen MR) is 123 cm³/mol. The Balaban J connectivity index is 0.000000917. The van der Waals surface area contributed by atoms with Gasteiger partial charge in [0.15, 0.2) is 0 Å². The minimum Gasteiger partial charge on any atom is -0.483 e. The number of piperidine rings is 1. The quantitative estimate of drug-likeness (QED) is 0.401. The molecule has 2 aliphatic heterocycles. The van der Waals surface area contributed by atoms with Crippen molar-refractivity contribution in [3.63, 3.8) is 0 Å². The van der Waals surface area contributed by atoms with Gasteiger partial charge in [-0.3, -0.25) is 4.79 Å². The first-order chi connectivity index (χ1) is 16.9. The lowest BCUT2D eigenvalue weighted by atomic mass is 10.0. The van der Waals surface area contributed by atoms with Crippen LogP contribution in [0.15, 0.2) is 24.5 Å². The number of H-pyrrole nitrogens is 1. The average Bonchev–Trinajstić information content (AvgIpc) is 3.28. The third-order valence-electron chi connectivity index (χ3n) is 6.05. The minimum absolute atomic E-state index is 0.0791. The fourth-order valence-electron chi connectivity index (χ4n) is 4.39. The zero-order valence-electron chi connectivity index (χ0n) is 18.9. The Hall–Kier alpha value is -3.25. The maximum atomic E-state index is 13.8. The normalized spacial score (nSPS) is 20.7. The van der Waals surface area contributed by atoms with Gasteiger partial charge < -0.3 is 25.5 Å². The third-order valence-corrected chi connectivity index (χ3v) is 6.05. The number of alkyl halides is 3. The molecule has 188 valence electrons. The van der Waals surface area contributed by atoms with Crippen molar-refractivity contribution in [2.24, 2.45) is 0 Å². The first kappa shape index (κ1) is 24.9. The lowest BCUT2D eigenvalue weighted by Crippen LogP contribution is -2.38. The molecule has 12 heteroatoms. The van der Waals surface area contributed by atoms with Crippen LogP contribution in [0.25, 0.3) is 22.3 Å². The highest BCUT2D eigenvalue weighted by molar-refractivity contribution is 5.93. The number of nitrogens with one attached hydrogen (secondary N) is 3. The van der Waals surface area contributed by atoms with E-state index in [1.54, 1.807) is 6.07 Å². The zero-order valence-corrected chi connectivity index (χ0v) is 18.9. The van der Waals surface area contributed by atoms with E-state index in [2.05, 4.69) is 30.6 Å². The fraction of sp³-hybridized carbons (Fsp3) is 0.478. The summed E-state index contributed by atoms with van der Waals surface area (Å²) in [5, 5.41) is 13.9. The van der Waals surface area contributed by atoms with Crippen LogP contribution in [-0.2, 0) is 15.7 Å². The van der Waals surface area contributed by atoms with Gasteiger partial charge in [0, 0.05) is 42.5 Å². The van der Waals surface area contributed by atoms with Crippen molar-refractivity contribution in [2.75, 3.05) is 25.0 Å². The number of aromatic nitrogens is 4. The Morgan fingerprint density at radius 3 is 2.69 bits per heavy atom.